The molecule has 3 N–H and O–H groups in total. The third-order valence-electron chi connectivity index (χ3n) is 9.64. The van der Waals surface area contributed by atoms with Crippen LogP contribution >= 0.6 is 24.8 Å². The van der Waals surface area contributed by atoms with Crippen molar-refractivity contribution in [2.75, 3.05) is 20.3 Å². The fourth-order valence-corrected chi connectivity index (χ4v) is 6.97. The van der Waals surface area contributed by atoms with Crippen LogP contribution in [-0.4, -0.2) is 32.4 Å². The number of rotatable bonds is 21. The molecule has 3 atom stereocenters. The second-order valence-corrected chi connectivity index (χ2v) is 12.8. The van der Waals surface area contributed by atoms with Crippen molar-refractivity contribution in [2.24, 2.45) is 17.1 Å². The van der Waals surface area contributed by atoms with Gasteiger partial charge in [0.25, 0.3) is 0 Å². The molecule has 45 heavy (non-hydrogen) atoms. The van der Waals surface area contributed by atoms with Gasteiger partial charge in [-0.05, 0) is 74.8 Å². The number of carbonyl (C=O) groups excluding carboxylic acids is 1. The summed E-state index contributed by atoms with van der Waals surface area (Å²) in [6, 6.07) is 16.8. The number of nitrogens with two attached hydrogens (primary N) is 1. The van der Waals surface area contributed by atoms with Gasteiger partial charge < -0.3 is 20.5 Å². The first-order valence-corrected chi connectivity index (χ1v) is 17.3. The molecule has 0 saturated carbocycles. The standard InChI is InChI=1S/C38H60N2O3.2ClH/c1-4-5-6-7-8-9-10-11-12-13-14-19-29-43-35-26-18-17-22-32(35)24-20-25-34-36(39)40-28-27-38(34,37(41)42-3)30-33-23-16-15-21-31(33)2;;/h15-18,21-23,26,34,36,40H,4-14,19-20,24-25,27-30,39H2,1-3H3;2*1H/t34?,36-,38-;;/m1../s1. The van der Waals surface area contributed by atoms with E-state index >= 15 is 0 Å². The number of hydrogen-bond acceptors (Lipinski definition) is 5. The Morgan fingerprint density at radius 3 is 2.04 bits per heavy atom. The van der Waals surface area contributed by atoms with Crippen molar-refractivity contribution in [1.29, 1.82) is 0 Å². The molecule has 1 saturated heterocycles. The summed E-state index contributed by atoms with van der Waals surface area (Å²) in [4.78, 5) is 13.4. The van der Waals surface area contributed by atoms with Gasteiger partial charge in [-0.25, -0.2) is 0 Å². The van der Waals surface area contributed by atoms with Crippen molar-refractivity contribution < 1.29 is 14.3 Å². The molecule has 0 aromatic heterocycles. The summed E-state index contributed by atoms with van der Waals surface area (Å²) in [5.74, 6) is 0.849. The predicted molar refractivity (Wildman–Crippen MR) is 194 cm³/mol. The molecule has 1 aliphatic heterocycles. The number of ether oxygens (including phenoxy) is 2. The van der Waals surface area contributed by atoms with Gasteiger partial charge in [0.1, 0.15) is 5.75 Å². The SMILES string of the molecule is CCCCCCCCCCCCCCOc1ccccc1CCCC1[C@H](N)NCC[C@]1(Cc1ccccc1C)C(=O)OC.Cl.Cl. The van der Waals surface area contributed by atoms with Crippen LogP contribution in [-0.2, 0) is 22.4 Å². The lowest BCUT2D eigenvalue weighted by molar-refractivity contribution is -0.160. The molecule has 0 bridgehead atoms. The van der Waals surface area contributed by atoms with Crippen LogP contribution in [0.5, 0.6) is 5.75 Å². The summed E-state index contributed by atoms with van der Waals surface area (Å²) in [5.41, 5.74) is 9.68. The third-order valence-corrected chi connectivity index (χ3v) is 9.64. The van der Waals surface area contributed by atoms with E-state index in [9.17, 15) is 4.79 Å². The Labute approximate surface area is 287 Å². The number of benzene rings is 2. The number of aryl methyl sites for hydroxylation is 2. The normalized spacial score (nSPS) is 19.3. The molecule has 0 spiro atoms. The summed E-state index contributed by atoms with van der Waals surface area (Å²) in [6.07, 6.45) is 20.0. The maximum absolute atomic E-state index is 13.4. The monoisotopic (exact) mass is 664 g/mol. The van der Waals surface area contributed by atoms with E-state index in [4.69, 9.17) is 15.2 Å². The highest BCUT2D eigenvalue weighted by Crippen LogP contribution is 2.43. The molecular formula is C38H62Cl2N2O3. The molecule has 2 aromatic rings. The Balaban J connectivity index is 0.00000506. The van der Waals surface area contributed by atoms with Gasteiger partial charge >= 0.3 is 5.97 Å². The summed E-state index contributed by atoms with van der Waals surface area (Å²) in [7, 11) is 1.51. The number of piperidine rings is 1. The lowest BCUT2D eigenvalue weighted by Crippen LogP contribution is -2.60. The van der Waals surface area contributed by atoms with Gasteiger partial charge in [0, 0.05) is 5.92 Å². The summed E-state index contributed by atoms with van der Waals surface area (Å²) in [5, 5.41) is 3.44. The van der Waals surface area contributed by atoms with Crippen molar-refractivity contribution in [3.8, 4) is 5.75 Å². The predicted octanol–water partition coefficient (Wildman–Crippen LogP) is 9.54. The molecule has 3 rings (SSSR count). The van der Waals surface area contributed by atoms with Gasteiger partial charge in [0.05, 0.1) is 25.3 Å². The van der Waals surface area contributed by atoms with E-state index < -0.39 is 5.41 Å². The van der Waals surface area contributed by atoms with Crippen LogP contribution in [0.25, 0.3) is 0 Å². The van der Waals surface area contributed by atoms with Gasteiger partial charge in [0.15, 0.2) is 0 Å². The quantitative estimate of drug-likeness (QED) is 0.103. The first kappa shape index (κ1) is 41.2. The Hall–Kier alpha value is -1.79. The van der Waals surface area contributed by atoms with E-state index in [0.29, 0.717) is 13.0 Å². The Kier molecular flexibility index (Phi) is 21.5. The Morgan fingerprint density at radius 1 is 0.844 bits per heavy atom. The van der Waals surface area contributed by atoms with E-state index in [-0.39, 0.29) is 42.9 Å². The van der Waals surface area contributed by atoms with Crippen LogP contribution in [0.2, 0.25) is 0 Å². The maximum atomic E-state index is 13.4. The Bertz CT molecular complexity index is 1070. The fourth-order valence-electron chi connectivity index (χ4n) is 6.97. The molecule has 1 fully saturated rings. The van der Waals surface area contributed by atoms with Crippen LogP contribution in [0, 0.1) is 18.3 Å². The molecule has 7 heteroatoms. The minimum Gasteiger partial charge on any atom is -0.493 e. The number of para-hydroxylation sites is 1. The maximum Gasteiger partial charge on any atom is 0.312 e. The number of methoxy groups -OCH3 is 1. The fraction of sp³-hybridized carbons (Fsp3) is 0.658. The van der Waals surface area contributed by atoms with Crippen molar-refractivity contribution in [3.05, 3.63) is 65.2 Å². The first-order chi connectivity index (χ1) is 21.0. The van der Waals surface area contributed by atoms with Crippen LogP contribution in [0.4, 0.5) is 0 Å². The minimum absolute atomic E-state index is 0. The van der Waals surface area contributed by atoms with E-state index in [0.717, 1.165) is 44.5 Å². The van der Waals surface area contributed by atoms with Crippen molar-refractivity contribution >= 4 is 30.8 Å². The van der Waals surface area contributed by atoms with E-state index in [1.165, 1.54) is 94.4 Å². The van der Waals surface area contributed by atoms with Crippen molar-refractivity contribution in [1.82, 2.24) is 5.32 Å². The molecule has 1 aliphatic rings. The van der Waals surface area contributed by atoms with E-state index in [1.54, 1.807) is 0 Å². The molecule has 1 heterocycles. The van der Waals surface area contributed by atoms with Crippen molar-refractivity contribution in [2.45, 2.75) is 129 Å². The molecule has 0 aliphatic carbocycles. The van der Waals surface area contributed by atoms with Gasteiger partial charge in [-0.3, -0.25) is 4.79 Å². The van der Waals surface area contributed by atoms with Crippen LogP contribution in [0.1, 0.15) is 120 Å². The molecule has 5 nitrogen and oxygen atoms in total. The van der Waals surface area contributed by atoms with Crippen LogP contribution < -0.4 is 15.8 Å². The lowest BCUT2D eigenvalue weighted by atomic mass is 9.64. The number of esters is 1. The number of unbranched alkanes of at least 4 members (excludes halogenated alkanes) is 11. The third kappa shape index (κ3) is 13.5. The number of carbonyl (C=O) groups is 1. The molecule has 0 radical (unpaired) electrons. The zero-order valence-corrected chi connectivity index (χ0v) is 30.0. The van der Waals surface area contributed by atoms with Gasteiger partial charge in [-0.2, -0.15) is 0 Å². The molecule has 2 aromatic carbocycles. The van der Waals surface area contributed by atoms with Crippen molar-refractivity contribution in [3.63, 3.8) is 0 Å². The summed E-state index contributed by atoms with van der Waals surface area (Å²) < 4.78 is 11.7. The average Bonchev–Trinajstić information content (AvgIpc) is 3.02. The smallest absolute Gasteiger partial charge is 0.312 e. The van der Waals surface area contributed by atoms with Crippen LogP contribution in [0.3, 0.4) is 0 Å². The lowest BCUT2D eigenvalue weighted by Gasteiger charge is -2.46. The highest BCUT2D eigenvalue weighted by Gasteiger charge is 2.50. The topological polar surface area (TPSA) is 73.6 Å². The average molecular weight is 666 g/mol. The molecule has 1 unspecified atom stereocenters. The highest BCUT2D eigenvalue weighted by atomic mass is 35.5. The highest BCUT2D eigenvalue weighted by molar-refractivity contribution is 5.85. The zero-order valence-electron chi connectivity index (χ0n) is 28.3. The van der Waals surface area contributed by atoms with Gasteiger partial charge in [-0.15, -0.1) is 24.8 Å². The second kappa shape index (κ2) is 23.5. The first-order valence-electron chi connectivity index (χ1n) is 17.3. The number of hydrogen-bond donors (Lipinski definition) is 2. The second-order valence-electron chi connectivity index (χ2n) is 12.8. The van der Waals surface area contributed by atoms with Crippen LogP contribution in [0.15, 0.2) is 48.5 Å². The summed E-state index contributed by atoms with van der Waals surface area (Å²) in [6.45, 7) is 5.88. The van der Waals surface area contributed by atoms with Gasteiger partial charge in [-0.1, -0.05) is 120 Å². The number of nitrogens with one attached hydrogen (secondary N) is 1. The summed E-state index contributed by atoms with van der Waals surface area (Å²) >= 11 is 0. The molecular weight excluding hydrogens is 603 g/mol. The Morgan fingerprint density at radius 2 is 1.42 bits per heavy atom. The van der Waals surface area contributed by atoms with E-state index in [1.807, 2.05) is 6.07 Å². The van der Waals surface area contributed by atoms with E-state index in [2.05, 4.69) is 61.6 Å². The molecule has 256 valence electrons. The largest absolute Gasteiger partial charge is 0.493 e. The zero-order chi connectivity index (χ0) is 30.8. The molecule has 0 amide bonds. The minimum atomic E-state index is -0.629. The van der Waals surface area contributed by atoms with Gasteiger partial charge in [0.2, 0.25) is 0 Å². The number of halogens is 2.